The van der Waals surface area contributed by atoms with Crippen LogP contribution in [0.2, 0.25) is 0 Å². The number of hydrogen-bond donors (Lipinski definition) is 1. The minimum atomic E-state index is -0.742. The van der Waals surface area contributed by atoms with Crippen molar-refractivity contribution in [3.05, 3.63) is 29.8 Å². The van der Waals surface area contributed by atoms with E-state index in [1.807, 2.05) is 0 Å². The lowest BCUT2D eigenvalue weighted by Crippen LogP contribution is -2.38. The van der Waals surface area contributed by atoms with Crippen molar-refractivity contribution in [1.82, 2.24) is 0 Å². The predicted molar refractivity (Wildman–Crippen MR) is 60.5 cm³/mol. The van der Waals surface area contributed by atoms with Gasteiger partial charge < -0.3 is 10.6 Å². The zero-order valence-corrected chi connectivity index (χ0v) is 9.54. The molecule has 0 unspecified atom stereocenters. The number of carbonyl (C=O) groups is 1. The fourth-order valence-electron chi connectivity index (χ4n) is 1.87. The van der Waals surface area contributed by atoms with Crippen LogP contribution in [0.4, 0.5) is 14.5 Å². The highest BCUT2D eigenvalue weighted by atomic mass is 19.1. The number of carbonyl (C=O) groups excluding carboxylic acids is 1. The average molecular weight is 240 g/mol. The summed E-state index contributed by atoms with van der Waals surface area (Å²) in [6.45, 7) is 0.263. The molecule has 1 fully saturated rings. The molecule has 1 saturated carbocycles. The standard InChI is InChI=1S/C12H14F2N2O/c1-16(11(17)12(7-15)4-5-12)10-3-2-8(13)6-9(10)14/h2-3,6H,4-5,7,15H2,1H3. The van der Waals surface area contributed by atoms with Crippen LogP contribution < -0.4 is 10.6 Å². The smallest absolute Gasteiger partial charge is 0.234 e. The van der Waals surface area contributed by atoms with Crippen LogP contribution in [0.5, 0.6) is 0 Å². The van der Waals surface area contributed by atoms with E-state index in [4.69, 9.17) is 5.73 Å². The number of hydrogen-bond acceptors (Lipinski definition) is 2. The highest BCUT2D eigenvalue weighted by molar-refractivity contribution is 5.99. The van der Waals surface area contributed by atoms with Crippen molar-refractivity contribution in [1.29, 1.82) is 0 Å². The summed E-state index contributed by atoms with van der Waals surface area (Å²) < 4.78 is 26.3. The van der Waals surface area contributed by atoms with Crippen LogP contribution >= 0.6 is 0 Å². The number of amides is 1. The molecule has 1 aromatic rings. The lowest BCUT2D eigenvalue weighted by molar-refractivity contribution is -0.123. The first kappa shape index (κ1) is 12.0. The second kappa shape index (κ2) is 4.07. The molecule has 0 spiro atoms. The van der Waals surface area contributed by atoms with E-state index in [0.717, 1.165) is 25.0 Å². The van der Waals surface area contributed by atoms with Crippen LogP contribution in [0.15, 0.2) is 18.2 Å². The molecule has 17 heavy (non-hydrogen) atoms. The van der Waals surface area contributed by atoms with Gasteiger partial charge in [-0.25, -0.2) is 8.78 Å². The van der Waals surface area contributed by atoms with Crippen molar-refractivity contribution in [2.24, 2.45) is 11.1 Å². The molecule has 1 aromatic carbocycles. The normalized spacial score (nSPS) is 16.7. The summed E-state index contributed by atoms with van der Waals surface area (Å²) in [7, 11) is 1.48. The average Bonchev–Trinajstić information content (AvgIpc) is 3.08. The molecule has 92 valence electrons. The first-order valence-electron chi connectivity index (χ1n) is 5.43. The van der Waals surface area contributed by atoms with E-state index in [-0.39, 0.29) is 18.1 Å². The Labute approximate surface area is 98.2 Å². The third-order valence-electron chi connectivity index (χ3n) is 3.27. The maximum atomic E-state index is 13.5. The number of anilines is 1. The molecule has 1 aliphatic carbocycles. The Bertz CT molecular complexity index is 458. The minimum absolute atomic E-state index is 0.0797. The molecule has 0 saturated heterocycles. The number of rotatable bonds is 3. The Balaban J connectivity index is 2.25. The number of halogens is 2. The largest absolute Gasteiger partial charge is 0.329 e. The third-order valence-corrected chi connectivity index (χ3v) is 3.27. The summed E-state index contributed by atoms with van der Waals surface area (Å²) in [5.41, 5.74) is 5.09. The maximum absolute atomic E-state index is 13.5. The molecule has 3 nitrogen and oxygen atoms in total. The summed E-state index contributed by atoms with van der Waals surface area (Å²) in [5, 5.41) is 0. The van der Waals surface area contributed by atoms with Crippen LogP contribution in [0, 0.1) is 17.0 Å². The lowest BCUT2D eigenvalue weighted by atomic mass is 10.1. The number of nitrogens with two attached hydrogens (primary N) is 1. The van der Waals surface area contributed by atoms with Crippen molar-refractivity contribution in [3.63, 3.8) is 0 Å². The molecule has 0 heterocycles. The molecular weight excluding hydrogens is 226 g/mol. The summed E-state index contributed by atoms with van der Waals surface area (Å²) in [6, 6.07) is 3.15. The predicted octanol–water partition coefficient (Wildman–Crippen LogP) is 1.67. The fraction of sp³-hybridized carbons (Fsp3) is 0.417. The fourth-order valence-corrected chi connectivity index (χ4v) is 1.87. The Morgan fingerprint density at radius 2 is 2.12 bits per heavy atom. The Hall–Kier alpha value is -1.49. The van der Waals surface area contributed by atoms with Gasteiger partial charge in [0.25, 0.3) is 0 Å². The van der Waals surface area contributed by atoms with Crippen LogP contribution in [0.25, 0.3) is 0 Å². The van der Waals surface area contributed by atoms with Crippen molar-refractivity contribution in [3.8, 4) is 0 Å². The van der Waals surface area contributed by atoms with Gasteiger partial charge >= 0.3 is 0 Å². The Morgan fingerprint density at radius 1 is 1.47 bits per heavy atom. The van der Waals surface area contributed by atoms with Gasteiger partial charge in [-0.1, -0.05) is 0 Å². The van der Waals surface area contributed by atoms with Gasteiger partial charge in [0, 0.05) is 19.7 Å². The van der Waals surface area contributed by atoms with Gasteiger partial charge in [-0.15, -0.1) is 0 Å². The van der Waals surface area contributed by atoms with Gasteiger partial charge in [-0.2, -0.15) is 0 Å². The van der Waals surface area contributed by atoms with Crippen LogP contribution in [0.3, 0.4) is 0 Å². The summed E-state index contributed by atoms with van der Waals surface area (Å²) in [4.78, 5) is 13.3. The Morgan fingerprint density at radius 3 is 2.59 bits per heavy atom. The van der Waals surface area contributed by atoms with Crippen molar-refractivity contribution >= 4 is 11.6 Å². The van der Waals surface area contributed by atoms with E-state index in [2.05, 4.69) is 0 Å². The maximum Gasteiger partial charge on any atom is 0.234 e. The molecule has 1 aliphatic rings. The molecule has 5 heteroatoms. The van der Waals surface area contributed by atoms with E-state index in [0.29, 0.717) is 0 Å². The molecule has 2 N–H and O–H groups in total. The molecular formula is C12H14F2N2O. The topological polar surface area (TPSA) is 46.3 Å². The molecule has 0 radical (unpaired) electrons. The van der Waals surface area contributed by atoms with E-state index in [1.165, 1.54) is 18.0 Å². The first-order valence-corrected chi connectivity index (χ1v) is 5.43. The SMILES string of the molecule is CN(C(=O)C1(CN)CC1)c1ccc(F)cc1F. The van der Waals surface area contributed by atoms with Gasteiger partial charge in [-0.3, -0.25) is 4.79 Å². The highest BCUT2D eigenvalue weighted by Crippen LogP contribution is 2.46. The van der Waals surface area contributed by atoms with E-state index in [9.17, 15) is 13.6 Å². The quantitative estimate of drug-likeness (QED) is 0.873. The summed E-state index contributed by atoms with van der Waals surface area (Å²) in [5.74, 6) is -1.61. The molecule has 0 bridgehead atoms. The second-order valence-corrected chi connectivity index (χ2v) is 4.44. The van der Waals surface area contributed by atoms with Crippen LogP contribution in [0.1, 0.15) is 12.8 Å². The van der Waals surface area contributed by atoms with Crippen LogP contribution in [-0.4, -0.2) is 19.5 Å². The minimum Gasteiger partial charge on any atom is -0.329 e. The molecule has 0 aliphatic heterocycles. The van der Waals surface area contributed by atoms with Gasteiger partial charge in [0.2, 0.25) is 5.91 Å². The van der Waals surface area contributed by atoms with Crippen molar-refractivity contribution in [2.45, 2.75) is 12.8 Å². The zero-order chi connectivity index (χ0) is 12.6. The number of benzene rings is 1. The van der Waals surface area contributed by atoms with Gasteiger partial charge in [-0.05, 0) is 25.0 Å². The van der Waals surface area contributed by atoms with Gasteiger partial charge in [0.05, 0.1) is 11.1 Å². The van der Waals surface area contributed by atoms with Crippen LogP contribution in [-0.2, 0) is 4.79 Å². The van der Waals surface area contributed by atoms with Crippen molar-refractivity contribution < 1.29 is 13.6 Å². The molecule has 0 atom stereocenters. The monoisotopic (exact) mass is 240 g/mol. The zero-order valence-electron chi connectivity index (χ0n) is 9.54. The number of nitrogens with zero attached hydrogens (tertiary/aromatic N) is 1. The Kier molecular flexibility index (Phi) is 2.87. The van der Waals surface area contributed by atoms with E-state index >= 15 is 0 Å². The van der Waals surface area contributed by atoms with Gasteiger partial charge in [0.1, 0.15) is 11.6 Å². The van der Waals surface area contributed by atoms with E-state index < -0.39 is 17.0 Å². The molecule has 0 aromatic heterocycles. The molecule has 1 amide bonds. The molecule has 2 rings (SSSR count). The van der Waals surface area contributed by atoms with Gasteiger partial charge in [0.15, 0.2) is 0 Å². The second-order valence-electron chi connectivity index (χ2n) is 4.44. The lowest BCUT2D eigenvalue weighted by Gasteiger charge is -2.23. The summed E-state index contributed by atoms with van der Waals surface area (Å²) >= 11 is 0. The van der Waals surface area contributed by atoms with E-state index in [1.54, 1.807) is 0 Å². The third kappa shape index (κ3) is 2.02. The summed E-state index contributed by atoms with van der Waals surface area (Å²) in [6.07, 6.45) is 1.46. The highest BCUT2D eigenvalue weighted by Gasteiger charge is 2.50. The first-order chi connectivity index (χ1) is 8.00. The van der Waals surface area contributed by atoms with Crippen molar-refractivity contribution in [2.75, 3.05) is 18.5 Å².